The third kappa shape index (κ3) is 9.23. The van der Waals surface area contributed by atoms with Gasteiger partial charge >= 0.3 is 0 Å². The van der Waals surface area contributed by atoms with E-state index in [2.05, 4.69) is 51.2 Å². The van der Waals surface area contributed by atoms with Crippen LogP contribution < -0.4 is 5.32 Å². The second kappa shape index (κ2) is 11.1. The summed E-state index contributed by atoms with van der Waals surface area (Å²) in [7, 11) is 2.28. The number of nitrogens with one attached hydrogen (secondary N) is 1. The van der Waals surface area contributed by atoms with Crippen molar-refractivity contribution in [2.45, 2.75) is 59.0 Å². The minimum absolute atomic E-state index is 0.697. The lowest BCUT2D eigenvalue weighted by atomic mass is 10.1. The number of hydrogen-bond acceptors (Lipinski definition) is 3. The van der Waals surface area contributed by atoms with E-state index in [0.717, 1.165) is 19.0 Å². The van der Waals surface area contributed by atoms with Crippen LogP contribution in [0.25, 0.3) is 0 Å². The largest absolute Gasteiger partial charge is 0.316 e. The van der Waals surface area contributed by atoms with Gasteiger partial charge in [0.25, 0.3) is 0 Å². The average molecular weight is 275 g/mol. The Morgan fingerprint density at radius 2 is 1.67 bits per heavy atom. The highest BCUT2D eigenvalue weighted by Crippen LogP contribution is 2.12. The molecule has 3 heteroatoms. The molecule has 0 aliphatic rings. The maximum absolute atomic E-state index is 3.52. The van der Waals surface area contributed by atoms with Crippen LogP contribution in [0.4, 0.5) is 0 Å². The van der Waals surface area contributed by atoms with Crippen LogP contribution in [-0.2, 0) is 0 Å². The van der Waals surface area contributed by atoms with E-state index in [1.165, 1.54) is 25.0 Å². The normalized spacial score (nSPS) is 15.3. The molecule has 0 radical (unpaired) electrons. The van der Waals surface area contributed by atoms with Gasteiger partial charge in [0.1, 0.15) is 0 Å². The first kappa shape index (κ1) is 18.3. The van der Waals surface area contributed by atoms with Crippen molar-refractivity contribution in [1.29, 1.82) is 0 Å². The fraction of sp³-hybridized carbons (Fsp3) is 1.00. The second-order valence-electron chi connectivity index (χ2n) is 5.89. The molecule has 0 saturated carbocycles. The molecule has 0 saturated heterocycles. The smallest absolute Gasteiger partial charge is 0.00745 e. The Bertz CT molecular complexity index is 185. The Labute approximate surface area is 119 Å². The molecule has 0 aromatic heterocycles. The Kier molecular flexibility index (Phi) is 11.3. The first-order chi connectivity index (χ1) is 8.49. The van der Waals surface area contributed by atoms with Gasteiger partial charge in [-0.3, -0.25) is 0 Å². The molecule has 0 aliphatic heterocycles. The predicted molar refractivity (Wildman–Crippen MR) is 86.6 cm³/mol. The van der Waals surface area contributed by atoms with Crippen LogP contribution in [0.1, 0.15) is 47.0 Å². The second-order valence-corrected chi connectivity index (χ2v) is 6.87. The van der Waals surface area contributed by atoms with Crippen LogP contribution in [0.3, 0.4) is 0 Å². The molecule has 0 aliphatic carbocycles. The van der Waals surface area contributed by atoms with Crippen molar-refractivity contribution in [1.82, 2.24) is 10.2 Å². The van der Waals surface area contributed by atoms with Gasteiger partial charge in [-0.25, -0.2) is 0 Å². The molecule has 2 unspecified atom stereocenters. The number of rotatable bonds is 11. The highest BCUT2D eigenvalue weighted by Gasteiger charge is 2.14. The van der Waals surface area contributed by atoms with Gasteiger partial charge in [-0.2, -0.15) is 11.8 Å². The van der Waals surface area contributed by atoms with E-state index in [1.807, 2.05) is 11.8 Å². The summed E-state index contributed by atoms with van der Waals surface area (Å²) in [4.78, 5) is 2.54. The van der Waals surface area contributed by atoms with Gasteiger partial charge in [0.05, 0.1) is 0 Å². The zero-order valence-corrected chi connectivity index (χ0v) is 14.1. The van der Waals surface area contributed by atoms with Crippen LogP contribution in [0.2, 0.25) is 0 Å². The topological polar surface area (TPSA) is 15.3 Å². The quantitative estimate of drug-likeness (QED) is 0.581. The fourth-order valence-corrected chi connectivity index (χ4v) is 2.62. The monoisotopic (exact) mass is 274 g/mol. The lowest BCUT2D eigenvalue weighted by molar-refractivity contribution is 0.182. The minimum Gasteiger partial charge on any atom is -0.316 e. The van der Waals surface area contributed by atoms with Crippen molar-refractivity contribution in [2.24, 2.45) is 5.92 Å². The molecule has 1 N–H and O–H groups in total. The van der Waals surface area contributed by atoms with Crippen LogP contribution >= 0.6 is 11.8 Å². The van der Waals surface area contributed by atoms with E-state index in [0.29, 0.717) is 12.1 Å². The Hall–Kier alpha value is 0.270. The highest BCUT2D eigenvalue weighted by atomic mass is 32.2. The Morgan fingerprint density at radius 3 is 2.22 bits per heavy atom. The molecule has 0 amide bonds. The van der Waals surface area contributed by atoms with Crippen LogP contribution in [0.15, 0.2) is 0 Å². The first-order valence-corrected chi connectivity index (χ1v) is 8.80. The molecular weight excluding hydrogens is 240 g/mol. The van der Waals surface area contributed by atoms with E-state index in [9.17, 15) is 0 Å². The molecule has 2 atom stereocenters. The predicted octanol–water partition coefficient (Wildman–Crippen LogP) is 3.47. The van der Waals surface area contributed by atoms with Crippen LogP contribution in [0.5, 0.6) is 0 Å². The van der Waals surface area contributed by atoms with Crippen LogP contribution in [-0.4, -0.2) is 49.1 Å². The van der Waals surface area contributed by atoms with Gasteiger partial charge in [0.15, 0.2) is 0 Å². The van der Waals surface area contributed by atoms with Gasteiger partial charge in [-0.1, -0.05) is 13.8 Å². The molecular formula is C15H34N2S. The Balaban J connectivity index is 3.63. The summed E-state index contributed by atoms with van der Waals surface area (Å²) >= 11 is 1.95. The molecule has 18 heavy (non-hydrogen) atoms. The first-order valence-electron chi connectivity index (χ1n) is 7.40. The summed E-state index contributed by atoms with van der Waals surface area (Å²) in [5.41, 5.74) is 0. The van der Waals surface area contributed by atoms with Crippen molar-refractivity contribution in [3.8, 4) is 0 Å². The number of hydrogen-bond donors (Lipinski definition) is 1. The van der Waals surface area contributed by atoms with Crippen molar-refractivity contribution in [3.05, 3.63) is 0 Å². The molecule has 0 aromatic rings. The minimum atomic E-state index is 0.697. The molecule has 2 nitrogen and oxygen atoms in total. The summed E-state index contributed by atoms with van der Waals surface area (Å²) in [5, 5.41) is 3.52. The van der Waals surface area contributed by atoms with Crippen molar-refractivity contribution >= 4 is 11.8 Å². The van der Waals surface area contributed by atoms with E-state index in [1.54, 1.807) is 0 Å². The van der Waals surface area contributed by atoms with Gasteiger partial charge < -0.3 is 10.2 Å². The summed E-state index contributed by atoms with van der Waals surface area (Å²) in [6.45, 7) is 11.5. The summed E-state index contributed by atoms with van der Waals surface area (Å²) < 4.78 is 0. The highest BCUT2D eigenvalue weighted by molar-refractivity contribution is 7.98. The molecule has 0 heterocycles. The fourth-order valence-electron chi connectivity index (χ4n) is 2.04. The van der Waals surface area contributed by atoms with Crippen LogP contribution in [0, 0.1) is 5.92 Å². The van der Waals surface area contributed by atoms with E-state index in [4.69, 9.17) is 0 Å². The average Bonchev–Trinajstić information content (AvgIpc) is 2.33. The molecule has 0 bridgehead atoms. The number of thioether (sulfide) groups is 1. The maximum atomic E-state index is 3.52. The van der Waals surface area contributed by atoms with Gasteiger partial charge in [0, 0.05) is 12.1 Å². The van der Waals surface area contributed by atoms with E-state index < -0.39 is 0 Å². The van der Waals surface area contributed by atoms with Gasteiger partial charge in [-0.05, 0) is 71.2 Å². The summed E-state index contributed by atoms with van der Waals surface area (Å²) in [6.07, 6.45) is 6.07. The third-order valence-electron chi connectivity index (χ3n) is 3.66. The summed E-state index contributed by atoms with van der Waals surface area (Å²) in [6, 6.07) is 1.40. The molecule has 0 spiro atoms. The third-order valence-corrected chi connectivity index (χ3v) is 4.30. The number of nitrogens with zero attached hydrogens (tertiary/aromatic N) is 1. The SMILES string of the molecule is CSCCC(C)N(C)C(C)CCCNCC(C)C. The Morgan fingerprint density at radius 1 is 1.06 bits per heavy atom. The standard InChI is InChI=1S/C15H34N2S/c1-13(2)12-16-10-7-8-14(3)17(5)15(4)9-11-18-6/h13-16H,7-12H2,1-6H3. The summed E-state index contributed by atoms with van der Waals surface area (Å²) in [5.74, 6) is 2.03. The zero-order chi connectivity index (χ0) is 14.0. The van der Waals surface area contributed by atoms with E-state index >= 15 is 0 Å². The van der Waals surface area contributed by atoms with Gasteiger partial charge in [-0.15, -0.1) is 0 Å². The molecule has 0 aromatic carbocycles. The van der Waals surface area contributed by atoms with Crippen molar-refractivity contribution in [2.75, 3.05) is 32.1 Å². The van der Waals surface area contributed by atoms with Gasteiger partial charge in [0.2, 0.25) is 0 Å². The molecule has 0 fully saturated rings. The van der Waals surface area contributed by atoms with Crippen molar-refractivity contribution in [3.63, 3.8) is 0 Å². The molecule has 110 valence electrons. The lowest BCUT2D eigenvalue weighted by Gasteiger charge is -2.31. The molecule has 0 rings (SSSR count). The lowest BCUT2D eigenvalue weighted by Crippen LogP contribution is -2.37. The maximum Gasteiger partial charge on any atom is 0.00745 e. The van der Waals surface area contributed by atoms with Crippen molar-refractivity contribution < 1.29 is 0 Å². The zero-order valence-electron chi connectivity index (χ0n) is 13.3. The van der Waals surface area contributed by atoms with E-state index in [-0.39, 0.29) is 0 Å².